The minimum Gasteiger partial charge on any atom is -0.336 e. The molecule has 1 aliphatic rings. The van der Waals surface area contributed by atoms with Crippen LogP contribution in [0.4, 0.5) is 0 Å². The van der Waals surface area contributed by atoms with Crippen molar-refractivity contribution in [3.05, 3.63) is 58.6 Å². The number of halogens is 2. The zero-order chi connectivity index (χ0) is 15.7. The largest absolute Gasteiger partial charge is 0.336 e. The Hall–Kier alpha value is -1.48. The van der Waals surface area contributed by atoms with Gasteiger partial charge in [0, 0.05) is 28.0 Å². The van der Waals surface area contributed by atoms with Crippen molar-refractivity contribution >= 4 is 34.9 Å². The quantitative estimate of drug-likeness (QED) is 0.503. The van der Waals surface area contributed by atoms with Crippen molar-refractivity contribution in [1.29, 1.82) is 0 Å². The lowest BCUT2D eigenvalue weighted by Gasteiger charge is -2.02. The van der Waals surface area contributed by atoms with E-state index in [1.807, 2.05) is 20.2 Å². The fourth-order valence-corrected chi connectivity index (χ4v) is 3.46. The number of nitrogens with one attached hydrogen (secondary N) is 1. The van der Waals surface area contributed by atoms with Gasteiger partial charge in [-0.3, -0.25) is 0 Å². The van der Waals surface area contributed by atoms with Crippen molar-refractivity contribution in [1.82, 2.24) is 9.88 Å². The predicted octanol–water partition coefficient (Wildman–Crippen LogP) is 5.14. The van der Waals surface area contributed by atoms with E-state index in [2.05, 4.69) is 53.2 Å². The molecule has 0 radical (unpaired) electrons. The summed E-state index contributed by atoms with van der Waals surface area (Å²) in [5.74, 6) is 0. The molecular formula is C19H22Cl2N2. The Kier molecular flexibility index (Phi) is 5.74. The third-order valence-corrected chi connectivity index (χ3v) is 4.32. The molecule has 0 saturated carbocycles. The molecule has 1 aromatic heterocycles. The summed E-state index contributed by atoms with van der Waals surface area (Å²) in [4.78, 5) is 0. The first-order valence-electron chi connectivity index (χ1n) is 7.68. The monoisotopic (exact) mass is 348 g/mol. The van der Waals surface area contributed by atoms with E-state index in [0.29, 0.717) is 0 Å². The van der Waals surface area contributed by atoms with E-state index in [1.165, 1.54) is 33.3 Å². The zero-order valence-electron chi connectivity index (χ0n) is 13.7. The molecule has 0 aliphatic carbocycles. The number of nitrogens with zero attached hydrogens (tertiary/aromatic N) is 1. The highest BCUT2D eigenvalue weighted by Gasteiger charge is 2.24. The molecule has 122 valence electrons. The first kappa shape index (κ1) is 17.9. The maximum absolute atomic E-state index is 6.16. The fraction of sp³-hybridized carbons (Fsp3) is 0.263. The highest BCUT2D eigenvalue weighted by molar-refractivity contribution is 6.31. The smallest absolute Gasteiger partial charge is 0.0530 e. The minimum absolute atomic E-state index is 0. The summed E-state index contributed by atoms with van der Waals surface area (Å²) in [5.41, 5.74) is 6.90. The van der Waals surface area contributed by atoms with Gasteiger partial charge in [-0.15, -0.1) is 12.4 Å². The van der Waals surface area contributed by atoms with Crippen LogP contribution in [0.3, 0.4) is 0 Å². The lowest BCUT2D eigenvalue weighted by molar-refractivity contribution is 0.882. The third-order valence-electron chi connectivity index (χ3n) is 4.08. The summed E-state index contributed by atoms with van der Waals surface area (Å²) in [5, 5.41) is 4.87. The molecule has 0 amide bonds. The molecule has 0 fully saturated rings. The molecule has 0 spiro atoms. The average Bonchev–Trinajstić information content (AvgIpc) is 3.02. The van der Waals surface area contributed by atoms with E-state index in [4.69, 9.17) is 11.6 Å². The molecule has 0 saturated heterocycles. The summed E-state index contributed by atoms with van der Waals surface area (Å²) < 4.78 is 2.43. The lowest BCUT2D eigenvalue weighted by atomic mass is 10.0. The van der Waals surface area contributed by atoms with Gasteiger partial charge in [-0.25, -0.2) is 0 Å². The number of rotatable bonds is 1. The van der Waals surface area contributed by atoms with E-state index in [1.54, 1.807) is 0 Å². The summed E-state index contributed by atoms with van der Waals surface area (Å²) in [6.07, 6.45) is 1.04. The van der Waals surface area contributed by atoms with Gasteiger partial charge >= 0.3 is 0 Å². The van der Waals surface area contributed by atoms with Crippen molar-refractivity contribution in [2.75, 3.05) is 14.1 Å². The van der Waals surface area contributed by atoms with Crippen LogP contribution in [0.1, 0.15) is 18.1 Å². The Bertz CT molecular complexity index is 822. The van der Waals surface area contributed by atoms with Crippen LogP contribution in [0, 0.1) is 0 Å². The van der Waals surface area contributed by atoms with Crippen LogP contribution in [0.15, 0.2) is 42.5 Å². The topological polar surface area (TPSA) is 17.0 Å². The SMILES string of the molecule is CCc1c2n(c3ccc(Cl)cc13)Cc1ccccc1-2.CNC.Cl. The van der Waals surface area contributed by atoms with E-state index < -0.39 is 0 Å². The van der Waals surface area contributed by atoms with Crippen molar-refractivity contribution in [2.45, 2.75) is 19.9 Å². The number of hydrogen-bond donors (Lipinski definition) is 1. The van der Waals surface area contributed by atoms with Crippen LogP contribution in [-0.4, -0.2) is 18.7 Å². The van der Waals surface area contributed by atoms with Gasteiger partial charge in [0.05, 0.1) is 5.69 Å². The van der Waals surface area contributed by atoms with Crippen molar-refractivity contribution in [3.8, 4) is 11.3 Å². The zero-order valence-corrected chi connectivity index (χ0v) is 15.3. The van der Waals surface area contributed by atoms with Crippen LogP contribution in [0.5, 0.6) is 0 Å². The highest BCUT2D eigenvalue weighted by Crippen LogP contribution is 2.41. The van der Waals surface area contributed by atoms with Crippen LogP contribution in [-0.2, 0) is 13.0 Å². The van der Waals surface area contributed by atoms with E-state index in [0.717, 1.165) is 18.0 Å². The summed E-state index contributed by atoms with van der Waals surface area (Å²) in [7, 11) is 3.75. The summed E-state index contributed by atoms with van der Waals surface area (Å²) >= 11 is 6.16. The van der Waals surface area contributed by atoms with Crippen LogP contribution < -0.4 is 5.32 Å². The van der Waals surface area contributed by atoms with E-state index in [-0.39, 0.29) is 12.4 Å². The molecule has 0 unspecified atom stereocenters. The number of hydrogen-bond acceptors (Lipinski definition) is 1. The predicted molar refractivity (Wildman–Crippen MR) is 103 cm³/mol. The van der Waals surface area contributed by atoms with Gasteiger partial charge < -0.3 is 9.88 Å². The van der Waals surface area contributed by atoms with E-state index >= 15 is 0 Å². The molecular weight excluding hydrogens is 327 g/mol. The average molecular weight is 349 g/mol. The molecule has 0 atom stereocenters. The first-order chi connectivity index (χ1) is 10.7. The molecule has 1 aliphatic heterocycles. The fourth-order valence-electron chi connectivity index (χ4n) is 3.29. The maximum Gasteiger partial charge on any atom is 0.0530 e. The molecule has 2 nitrogen and oxygen atoms in total. The van der Waals surface area contributed by atoms with Crippen LogP contribution in [0.2, 0.25) is 5.02 Å². The molecule has 0 bridgehead atoms. The normalized spacial score (nSPS) is 11.3. The Morgan fingerprint density at radius 3 is 2.52 bits per heavy atom. The van der Waals surface area contributed by atoms with Gasteiger partial charge in [0.2, 0.25) is 0 Å². The van der Waals surface area contributed by atoms with Gasteiger partial charge in [0.1, 0.15) is 0 Å². The van der Waals surface area contributed by atoms with E-state index in [9.17, 15) is 0 Å². The van der Waals surface area contributed by atoms with Crippen molar-refractivity contribution in [3.63, 3.8) is 0 Å². The number of aromatic nitrogens is 1. The summed E-state index contributed by atoms with van der Waals surface area (Å²) in [6, 6.07) is 14.9. The molecule has 1 N–H and O–H groups in total. The van der Waals surface area contributed by atoms with Gasteiger partial charge in [-0.2, -0.15) is 0 Å². The Morgan fingerprint density at radius 1 is 1.13 bits per heavy atom. The van der Waals surface area contributed by atoms with Gasteiger partial charge in [-0.05, 0) is 49.8 Å². The van der Waals surface area contributed by atoms with Crippen LogP contribution in [0.25, 0.3) is 22.2 Å². The highest BCUT2D eigenvalue weighted by atomic mass is 35.5. The Balaban J connectivity index is 0.000000448. The number of fused-ring (bicyclic) bond motifs is 5. The Labute approximate surface area is 148 Å². The minimum atomic E-state index is 0. The Morgan fingerprint density at radius 2 is 1.83 bits per heavy atom. The van der Waals surface area contributed by atoms with Crippen molar-refractivity contribution in [2.24, 2.45) is 0 Å². The van der Waals surface area contributed by atoms with Gasteiger partial charge in [0.25, 0.3) is 0 Å². The molecule has 4 rings (SSSR count). The van der Waals surface area contributed by atoms with Gasteiger partial charge in [-0.1, -0.05) is 42.8 Å². The lowest BCUT2D eigenvalue weighted by Crippen LogP contribution is -1.91. The second kappa shape index (κ2) is 7.39. The van der Waals surface area contributed by atoms with Crippen molar-refractivity contribution < 1.29 is 0 Å². The van der Waals surface area contributed by atoms with Crippen LogP contribution >= 0.6 is 24.0 Å². The summed E-state index contributed by atoms with van der Waals surface area (Å²) in [6.45, 7) is 3.20. The standard InChI is InChI=1S/C17H14ClN.C2H7N.ClH/c1-2-13-15-9-12(18)7-8-16(15)19-10-11-5-3-4-6-14(11)17(13)19;1-3-2;/h3-9H,2,10H2,1H3;3H,1-2H3;1H. The second-order valence-electron chi connectivity index (χ2n) is 5.59. The third kappa shape index (κ3) is 2.99. The molecule has 4 heteroatoms. The number of benzene rings is 2. The second-order valence-corrected chi connectivity index (χ2v) is 6.02. The molecule has 2 aromatic carbocycles. The molecule has 3 aromatic rings. The number of aryl methyl sites for hydroxylation is 1. The first-order valence-corrected chi connectivity index (χ1v) is 8.06. The molecule has 2 heterocycles. The van der Waals surface area contributed by atoms with Gasteiger partial charge in [0.15, 0.2) is 0 Å². The molecule has 23 heavy (non-hydrogen) atoms. The maximum atomic E-state index is 6.16.